The van der Waals surface area contributed by atoms with Gasteiger partial charge < -0.3 is 0 Å². The average Bonchev–Trinajstić information content (AvgIpc) is 2.30. The predicted molar refractivity (Wildman–Crippen MR) is 45.2 cm³/mol. The van der Waals surface area contributed by atoms with Gasteiger partial charge in [-0.1, -0.05) is 29.3 Å². The Balaban J connectivity index is 2.92. The largest absolute Gasteiger partial charge is 0.289 e. The van der Waals surface area contributed by atoms with Crippen molar-refractivity contribution in [2.45, 2.75) is 0 Å². The molecule has 0 radical (unpaired) electrons. The number of imidazole rings is 1. The van der Waals surface area contributed by atoms with Gasteiger partial charge in [-0.05, 0) is 12.1 Å². The molecule has 56 valence electrons. The van der Waals surface area contributed by atoms with E-state index in [0.29, 0.717) is 10.3 Å². The molecule has 2 rings (SSSR count). The van der Waals surface area contributed by atoms with Crippen LogP contribution in [0.2, 0.25) is 10.3 Å². The maximum Gasteiger partial charge on any atom is 0.167 e. The van der Waals surface area contributed by atoms with Crippen LogP contribution in [0.3, 0.4) is 0 Å². The lowest BCUT2D eigenvalue weighted by Gasteiger charge is -1.90. The van der Waals surface area contributed by atoms with Crippen molar-refractivity contribution in [3.63, 3.8) is 0 Å². The van der Waals surface area contributed by atoms with Gasteiger partial charge in [-0.2, -0.15) is 0 Å². The molecule has 0 unspecified atom stereocenters. The lowest BCUT2D eigenvalue weighted by molar-refractivity contribution is 1.19. The summed E-state index contributed by atoms with van der Waals surface area (Å²) in [6.07, 6.45) is 1.82. The molecule has 0 bridgehead atoms. The smallest absolute Gasteiger partial charge is 0.167 e. The molecule has 0 atom stereocenters. The maximum atomic E-state index is 5.81. The Kier molecular flexibility index (Phi) is 1.51. The van der Waals surface area contributed by atoms with Crippen LogP contribution in [0.5, 0.6) is 0 Å². The van der Waals surface area contributed by atoms with E-state index in [9.17, 15) is 0 Å². The first-order chi connectivity index (χ1) is 5.29. The Morgan fingerprint density at radius 1 is 1.27 bits per heavy atom. The summed E-state index contributed by atoms with van der Waals surface area (Å²) in [6, 6.07) is 5.60. The third-order valence-electron chi connectivity index (χ3n) is 1.43. The summed E-state index contributed by atoms with van der Waals surface area (Å²) in [4.78, 5) is 4.01. The minimum atomic E-state index is 0.345. The molecule has 0 fully saturated rings. The summed E-state index contributed by atoms with van der Waals surface area (Å²) >= 11 is 11.5. The zero-order valence-electron chi connectivity index (χ0n) is 5.46. The van der Waals surface area contributed by atoms with Crippen LogP contribution in [0, 0.1) is 0 Å². The van der Waals surface area contributed by atoms with E-state index < -0.39 is 0 Å². The lowest BCUT2D eigenvalue weighted by atomic mass is 10.5. The third-order valence-corrected chi connectivity index (χ3v) is 2.15. The molecule has 0 spiro atoms. The number of hydrogen-bond donors (Lipinski definition) is 0. The summed E-state index contributed by atoms with van der Waals surface area (Å²) in [5.41, 5.74) is 0.766. The van der Waals surface area contributed by atoms with E-state index in [2.05, 4.69) is 4.98 Å². The minimum Gasteiger partial charge on any atom is -0.289 e. The van der Waals surface area contributed by atoms with E-state index in [1.807, 2.05) is 24.4 Å². The number of fused-ring (bicyclic) bond motifs is 1. The highest BCUT2D eigenvalue weighted by molar-refractivity contribution is 6.40. The molecular weight excluding hydrogens is 183 g/mol. The monoisotopic (exact) mass is 186 g/mol. The highest BCUT2D eigenvalue weighted by Crippen LogP contribution is 2.21. The van der Waals surface area contributed by atoms with E-state index in [-0.39, 0.29) is 0 Å². The molecule has 2 nitrogen and oxygen atoms in total. The Labute approximate surface area is 73.4 Å². The Morgan fingerprint density at radius 3 is 2.82 bits per heavy atom. The fourth-order valence-electron chi connectivity index (χ4n) is 0.937. The van der Waals surface area contributed by atoms with Gasteiger partial charge >= 0.3 is 0 Å². The van der Waals surface area contributed by atoms with Gasteiger partial charge in [0.25, 0.3) is 0 Å². The van der Waals surface area contributed by atoms with Gasteiger partial charge in [0.05, 0.1) is 0 Å². The van der Waals surface area contributed by atoms with Gasteiger partial charge in [-0.25, -0.2) is 4.98 Å². The van der Waals surface area contributed by atoms with Crippen molar-refractivity contribution < 1.29 is 0 Å². The first-order valence-corrected chi connectivity index (χ1v) is 3.83. The van der Waals surface area contributed by atoms with Crippen molar-refractivity contribution in [2.75, 3.05) is 0 Å². The van der Waals surface area contributed by atoms with Crippen molar-refractivity contribution in [1.29, 1.82) is 0 Å². The van der Waals surface area contributed by atoms with Gasteiger partial charge in [-0.15, -0.1) is 0 Å². The molecule has 11 heavy (non-hydrogen) atoms. The minimum absolute atomic E-state index is 0.345. The lowest BCUT2D eigenvalue weighted by Crippen LogP contribution is -1.80. The third kappa shape index (κ3) is 0.988. The van der Waals surface area contributed by atoms with Crippen LogP contribution in [-0.2, 0) is 0 Å². The van der Waals surface area contributed by atoms with E-state index in [1.165, 1.54) is 0 Å². The van der Waals surface area contributed by atoms with Crippen LogP contribution in [0.4, 0.5) is 0 Å². The molecule has 0 N–H and O–H groups in total. The summed E-state index contributed by atoms with van der Waals surface area (Å²) in [7, 11) is 0. The summed E-state index contributed by atoms with van der Waals surface area (Å²) in [6.45, 7) is 0. The van der Waals surface area contributed by atoms with Crippen molar-refractivity contribution in [2.24, 2.45) is 0 Å². The molecule has 0 amide bonds. The fraction of sp³-hybridized carbons (Fsp3) is 0. The average molecular weight is 187 g/mol. The van der Waals surface area contributed by atoms with Crippen LogP contribution in [0.25, 0.3) is 5.65 Å². The number of nitrogens with zero attached hydrogens (tertiary/aromatic N) is 2. The normalized spacial score (nSPS) is 10.7. The predicted octanol–water partition coefficient (Wildman–Crippen LogP) is 2.64. The van der Waals surface area contributed by atoms with Crippen molar-refractivity contribution in [3.05, 3.63) is 34.7 Å². The molecular formula is C7H4Cl2N2. The van der Waals surface area contributed by atoms with Crippen LogP contribution in [-0.4, -0.2) is 9.38 Å². The SMILES string of the molecule is Clc1nc2ccccn2c1Cl. The highest BCUT2D eigenvalue weighted by Gasteiger charge is 2.04. The Hall–Kier alpha value is -0.730. The molecule has 0 aromatic carbocycles. The second-order valence-electron chi connectivity index (χ2n) is 2.12. The van der Waals surface area contributed by atoms with Crippen molar-refractivity contribution in [3.8, 4) is 0 Å². The zero-order valence-corrected chi connectivity index (χ0v) is 6.97. The van der Waals surface area contributed by atoms with Crippen molar-refractivity contribution in [1.82, 2.24) is 9.38 Å². The Morgan fingerprint density at radius 2 is 2.09 bits per heavy atom. The molecule has 2 aromatic rings. The molecule has 0 saturated heterocycles. The number of rotatable bonds is 0. The first-order valence-electron chi connectivity index (χ1n) is 3.07. The number of halogens is 2. The summed E-state index contributed by atoms with van der Waals surface area (Å²) < 4.78 is 1.73. The summed E-state index contributed by atoms with van der Waals surface area (Å²) in [5, 5.41) is 0.806. The van der Waals surface area contributed by atoms with E-state index in [4.69, 9.17) is 23.2 Å². The topological polar surface area (TPSA) is 17.3 Å². The van der Waals surface area contributed by atoms with E-state index >= 15 is 0 Å². The number of pyridine rings is 1. The molecule has 0 saturated carbocycles. The standard InChI is InChI=1S/C7H4Cl2N2/c8-6-7(9)11-4-2-1-3-5(11)10-6/h1-4H. The number of hydrogen-bond acceptors (Lipinski definition) is 1. The van der Waals surface area contributed by atoms with Gasteiger partial charge in [0.15, 0.2) is 10.3 Å². The van der Waals surface area contributed by atoms with Gasteiger partial charge in [0, 0.05) is 6.20 Å². The first kappa shape index (κ1) is 6.95. The highest BCUT2D eigenvalue weighted by atomic mass is 35.5. The van der Waals surface area contributed by atoms with Crippen LogP contribution >= 0.6 is 23.2 Å². The fourth-order valence-corrected chi connectivity index (χ4v) is 1.30. The second kappa shape index (κ2) is 2.40. The zero-order chi connectivity index (χ0) is 7.84. The maximum absolute atomic E-state index is 5.81. The Bertz CT molecular complexity index is 394. The molecule has 2 aromatic heterocycles. The van der Waals surface area contributed by atoms with Gasteiger partial charge in [-0.3, -0.25) is 4.40 Å². The van der Waals surface area contributed by atoms with Gasteiger partial charge in [0.2, 0.25) is 0 Å². The molecule has 0 aliphatic rings. The van der Waals surface area contributed by atoms with Crippen molar-refractivity contribution >= 4 is 28.8 Å². The summed E-state index contributed by atoms with van der Waals surface area (Å²) in [5.74, 6) is 0. The van der Waals surface area contributed by atoms with Crippen LogP contribution in [0.1, 0.15) is 0 Å². The van der Waals surface area contributed by atoms with E-state index in [0.717, 1.165) is 5.65 Å². The number of aromatic nitrogens is 2. The molecule has 4 heteroatoms. The second-order valence-corrected chi connectivity index (χ2v) is 2.84. The quantitative estimate of drug-likeness (QED) is 0.619. The molecule has 2 heterocycles. The molecule has 0 aliphatic carbocycles. The van der Waals surface area contributed by atoms with E-state index in [1.54, 1.807) is 4.40 Å². The van der Waals surface area contributed by atoms with Crippen LogP contribution < -0.4 is 0 Å². The molecule has 0 aliphatic heterocycles. The van der Waals surface area contributed by atoms with Crippen LogP contribution in [0.15, 0.2) is 24.4 Å². The van der Waals surface area contributed by atoms with Gasteiger partial charge in [0.1, 0.15) is 5.65 Å².